The van der Waals surface area contributed by atoms with Gasteiger partial charge in [0.05, 0.1) is 15.2 Å². The normalized spacial score (nSPS) is 8.89. The van der Waals surface area contributed by atoms with E-state index in [-0.39, 0.29) is 11.3 Å². The van der Waals surface area contributed by atoms with Crippen LogP contribution in [-0.4, -0.2) is 0 Å². The van der Waals surface area contributed by atoms with Crippen LogP contribution in [-0.2, 0) is 0 Å². The minimum Gasteiger partial charge on any atom is -0.344 e. The number of hydrogen-bond donors (Lipinski definition) is 1. The standard InChI is InChI=1S/C12H5Br2ClN4/c1-6-2-8(13)11(15)10(14)12(6)19-9(5-18)7(3-16)4-17/h2,19H,1H3. The van der Waals surface area contributed by atoms with Crippen LogP contribution >= 0.6 is 43.5 Å². The van der Waals surface area contributed by atoms with Crippen LogP contribution < -0.4 is 5.32 Å². The minimum absolute atomic E-state index is 0.118. The van der Waals surface area contributed by atoms with Gasteiger partial charge in [-0.2, -0.15) is 15.8 Å². The van der Waals surface area contributed by atoms with E-state index in [1.807, 2.05) is 6.92 Å². The topological polar surface area (TPSA) is 83.4 Å². The number of nitriles is 3. The third-order valence-electron chi connectivity index (χ3n) is 2.19. The average Bonchev–Trinajstić information content (AvgIpc) is 2.40. The van der Waals surface area contributed by atoms with E-state index in [2.05, 4.69) is 37.2 Å². The summed E-state index contributed by atoms with van der Waals surface area (Å²) < 4.78 is 1.25. The van der Waals surface area contributed by atoms with Gasteiger partial charge in [0, 0.05) is 4.47 Å². The molecule has 0 saturated carbocycles. The smallest absolute Gasteiger partial charge is 0.163 e. The number of nitrogens with zero attached hydrogens (tertiary/aromatic N) is 3. The molecule has 0 aliphatic rings. The van der Waals surface area contributed by atoms with Gasteiger partial charge < -0.3 is 5.32 Å². The number of hydrogen-bond acceptors (Lipinski definition) is 4. The molecule has 19 heavy (non-hydrogen) atoms. The Morgan fingerprint density at radius 3 is 2.26 bits per heavy atom. The van der Waals surface area contributed by atoms with Crippen molar-refractivity contribution < 1.29 is 0 Å². The highest BCUT2D eigenvalue weighted by Crippen LogP contribution is 2.39. The van der Waals surface area contributed by atoms with Gasteiger partial charge in [0.25, 0.3) is 0 Å². The van der Waals surface area contributed by atoms with Crippen LogP contribution in [0.1, 0.15) is 5.56 Å². The van der Waals surface area contributed by atoms with E-state index in [1.165, 1.54) is 0 Å². The number of benzene rings is 1. The maximum Gasteiger partial charge on any atom is 0.163 e. The summed E-state index contributed by atoms with van der Waals surface area (Å²) in [7, 11) is 0. The van der Waals surface area contributed by atoms with Crippen molar-refractivity contribution in [3.8, 4) is 18.2 Å². The SMILES string of the molecule is Cc1cc(Br)c(Cl)c(Br)c1NC(C#N)=C(C#N)C#N. The van der Waals surface area contributed by atoms with Crippen molar-refractivity contribution in [1.82, 2.24) is 0 Å². The van der Waals surface area contributed by atoms with Crippen molar-refractivity contribution >= 4 is 49.1 Å². The molecule has 0 bridgehead atoms. The average molecular weight is 400 g/mol. The molecule has 0 heterocycles. The van der Waals surface area contributed by atoms with Gasteiger partial charge in [-0.05, 0) is 50.4 Å². The molecular formula is C12H5Br2ClN4. The minimum atomic E-state index is -0.284. The molecule has 0 unspecified atom stereocenters. The first-order chi connectivity index (χ1) is 8.96. The molecule has 7 heteroatoms. The van der Waals surface area contributed by atoms with E-state index >= 15 is 0 Å². The molecular weight excluding hydrogens is 395 g/mol. The van der Waals surface area contributed by atoms with E-state index in [4.69, 9.17) is 27.4 Å². The third kappa shape index (κ3) is 3.28. The second kappa shape index (κ2) is 6.59. The highest BCUT2D eigenvalue weighted by molar-refractivity contribution is 9.11. The molecule has 0 amide bonds. The zero-order chi connectivity index (χ0) is 14.6. The van der Waals surface area contributed by atoms with Crippen molar-refractivity contribution in [2.24, 2.45) is 0 Å². The van der Waals surface area contributed by atoms with Crippen LogP contribution in [0.3, 0.4) is 0 Å². The third-order valence-corrected chi connectivity index (χ3v) is 4.46. The summed E-state index contributed by atoms with van der Waals surface area (Å²) >= 11 is 12.7. The Kier molecular flexibility index (Phi) is 5.39. The predicted molar refractivity (Wildman–Crippen MR) is 79.1 cm³/mol. The maximum absolute atomic E-state index is 9.00. The van der Waals surface area contributed by atoms with E-state index in [0.29, 0.717) is 19.7 Å². The van der Waals surface area contributed by atoms with E-state index in [0.717, 1.165) is 5.56 Å². The zero-order valence-corrected chi connectivity index (χ0v) is 13.5. The number of allylic oxidation sites excluding steroid dienone is 2. The van der Waals surface area contributed by atoms with Gasteiger partial charge in [0.15, 0.2) is 5.57 Å². The van der Waals surface area contributed by atoms with Gasteiger partial charge in [-0.15, -0.1) is 0 Å². The Bertz CT molecular complexity index is 674. The fourth-order valence-electron chi connectivity index (χ4n) is 1.27. The Morgan fingerprint density at radius 1 is 1.21 bits per heavy atom. The van der Waals surface area contributed by atoms with Gasteiger partial charge in [-0.1, -0.05) is 11.6 Å². The Labute approximate surface area is 132 Å². The van der Waals surface area contributed by atoms with E-state index in [1.54, 1.807) is 24.3 Å². The molecule has 0 fully saturated rings. The van der Waals surface area contributed by atoms with Crippen molar-refractivity contribution in [3.63, 3.8) is 0 Å². The largest absolute Gasteiger partial charge is 0.344 e. The van der Waals surface area contributed by atoms with Gasteiger partial charge >= 0.3 is 0 Å². The second-order valence-corrected chi connectivity index (χ2v) is 5.41. The summed E-state index contributed by atoms with van der Waals surface area (Å²) in [5, 5.41) is 29.7. The lowest BCUT2D eigenvalue weighted by Gasteiger charge is -2.13. The lowest BCUT2D eigenvalue weighted by Crippen LogP contribution is -2.03. The Hall–Kier alpha value is -1.52. The summed E-state index contributed by atoms with van der Waals surface area (Å²) in [5.41, 5.74) is 0.930. The predicted octanol–water partition coefficient (Wildman–Crippen LogP) is 4.41. The summed E-state index contributed by atoms with van der Waals surface area (Å²) in [5.74, 6) is 0. The van der Waals surface area contributed by atoms with Crippen LogP contribution in [0.4, 0.5) is 5.69 Å². The first kappa shape index (κ1) is 15.5. The summed E-state index contributed by atoms with van der Waals surface area (Å²) in [6, 6.07) is 6.88. The summed E-state index contributed by atoms with van der Waals surface area (Å²) in [6.07, 6.45) is 0. The lowest BCUT2D eigenvalue weighted by atomic mass is 10.1. The molecule has 0 aliphatic heterocycles. The number of halogens is 3. The Balaban J connectivity index is 3.41. The van der Waals surface area contributed by atoms with Crippen molar-refractivity contribution in [2.75, 3.05) is 5.32 Å². The van der Waals surface area contributed by atoms with Crippen molar-refractivity contribution in [3.05, 3.63) is 36.9 Å². The van der Waals surface area contributed by atoms with Crippen molar-refractivity contribution in [2.45, 2.75) is 6.92 Å². The van der Waals surface area contributed by atoms with Crippen LogP contribution in [0.15, 0.2) is 26.3 Å². The van der Waals surface area contributed by atoms with Gasteiger partial charge in [-0.25, -0.2) is 0 Å². The quantitative estimate of drug-likeness (QED) is 0.589. The molecule has 0 saturated heterocycles. The molecule has 1 rings (SSSR count). The van der Waals surface area contributed by atoms with E-state index in [9.17, 15) is 0 Å². The molecule has 1 aromatic rings. The molecule has 1 aromatic carbocycles. The lowest BCUT2D eigenvalue weighted by molar-refractivity contribution is 1.33. The summed E-state index contributed by atoms with van der Waals surface area (Å²) in [6.45, 7) is 1.81. The van der Waals surface area contributed by atoms with Crippen LogP contribution in [0, 0.1) is 40.9 Å². The number of anilines is 1. The molecule has 4 nitrogen and oxygen atoms in total. The number of rotatable bonds is 2. The van der Waals surface area contributed by atoms with E-state index < -0.39 is 0 Å². The van der Waals surface area contributed by atoms with Gasteiger partial charge in [0.1, 0.15) is 23.9 Å². The van der Waals surface area contributed by atoms with Crippen molar-refractivity contribution in [1.29, 1.82) is 15.8 Å². The number of nitrogens with one attached hydrogen (secondary N) is 1. The monoisotopic (exact) mass is 398 g/mol. The molecule has 0 atom stereocenters. The fourth-order valence-corrected chi connectivity index (χ4v) is 2.86. The fraction of sp³-hybridized carbons (Fsp3) is 0.0833. The maximum atomic E-state index is 9.00. The van der Waals surface area contributed by atoms with Crippen LogP contribution in [0.2, 0.25) is 5.02 Å². The van der Waals surface area contributed by atoms with Gasteiger partial charge in [0.2, 0.25) is 0 Å². The highest BCUT2D eigenvalue weighted by atomic mass is 79.9. The first-order valence-electron chi connectivity index (χ1n) is 4.82. The highest BCUT2D eigenvalue weighted by Gasteiger charge is 2.14. The second-order valence-electron chi connectivity index (χ2n) is 3.39. The molecule has 0 radical (unpaired) electrons. The molecule has 1 N–H and O–H groups in total. The zero-order valence-electron chi connectivity index (χ0n) is 9.55. The molecule has 0 spiro atoms. The van der Waals surface area contributed by atoms with Crippen LogP contribution in [0.5, 0.6) is 0 Å². The van der Waals surface area contributed by atoms with Gasteiger partial charge in [-0.3, -0.25) is 0 Å². The Morgan fingerprint density at radius 2 is 1.79 bits per heavy atom. The van der Waals surface area contributed by atoms with Crippen LogP contribution in [0.25, 0.3) is 0 Å². The first-order valence-corrected chi connectivity index (χ1v) is 6.78. The molecule has 0 aliphatic carbocycles. The molecule has 94 valence electrons. The molecule has 0 aromatic heterocycles. The summed E-state index contributed by atoms with van der Waals surface area (Å²) in [4.78, 5) is 0. The number of aryl methyl sites for hydroxylation is 1.